The first-order chi connectivity index (χ1) is 7.70. The zero-order chi connectivity index (χ0) is 11.5. The average molecular weight is 219 g/mol. The fraction of sp³-hybridized carbons (Fsp3) is 0.615. The third kappa shape index (κ3) is 2.29. The lowest BCUT2D eigenvalue weighted by molar-refractivity contribution is 0.378. The molecule has 2 atom stereocenters. The number of hydrogen-bond acceptors (Lipinski definition) is 3. The molecule has 0 saturated carbocycles. The van der Waals surface area contributed by atoms with Crippen molar-refractivity contribution in [2.24, 2.45) is 5.92 Å². The molecule has 3 nitrogen and oxygen atoms in total. The molecule has 0 aromatic carbocycles. The zero-order valence-corrected chi connectivity index (χ0v) is 10.4. The highest BCUT2D eigenvalue weighted by molar-refractivity contribution is 5.54. The number of nitrogens with zero attached hydrogens (tertiary/aromatic N) is 2. The van der Waals surface area contributed by atoms with Crippen LogP contribution in [0.5, 0.6) is 0 Å². The van der Waals surface area contributed by atoms with Gasteiger partial charge >= 0.3 is 0 Å². The molecule has 1 aromatic heterocycles. The van der Waals surface area contributed by atoms with Crippen molar-refractivity contribution in [1.82, 2.24) is 4.98 Å². The monoisotopic (exact) mass is 219 g/mol. The molecule has 0 radical (unpaired) electrons. The summed E-state index contributed by atoms with van der Waals surface area (Å²) < 4.78 is 0. The van der Waals surface area contributed by atoms with Crippen molar-refractivity contribution in [2.75, 3.05) is 23.8 Å². The van der Waals surface area contributed by atoms with Crippen LogP contribution >= 0.6 is 0 Å². The molecule has 2 rings (SSSR count). The van der Waals surface area contributed by atoms with E-state index in [0.29, 0.717) is 6.04 Å². The van der Waals surface area contributed by atoms with Crippen molar-refractivity contribution in [3.63, 3.8) is 0 Å². The Morgan fingerprint density at radius 1 is 1.44 bits per heavy atom. The van der Waals surface area contributed by atoms with E-state index < -0.39 is 0 Å². The van der Waals surface area contributed by atoms with Gasteiger partial charge in [-0.1, -0.05) is 6.92 Å². The standard InChI is InChI=1S/C13H21N3/c1-10-5-7-16(11(2)8-10)12-4-6-15-13(9-12)14-3/h4,6,9-11H,5,7-8H2,1-3H3,(H,14,15). The van der Waals surface area contributed by atoms with Crippen LogP contribution in [0.25, 0.3) is 0 Å². The molecule has 88 valence electrons. The van der Waals surface area contributed by atoms with Crippen LogP contribution in [0.4, 0.5) is 11.5 Å². The lowest BCUT2D eigenvalue weighted by atomic mass is 9.93. The highest BCUT2D eigenvalue weighted by Crippen LogP contribution is 2.28. The van der Waals surface area contributed by atoms with Crippen LogP contribution in [0.2, 0.25) is 0 Å². The summed E-state index contributed by atoms with van der Waals surface area (Å²) in [5.41, 5.74) is 1.29. The summed E-state index contributed by atoms with van der Waals surface area (Å²) >= 11 is 0. The molecule has 0 aliphatic carbocycles. The van der Waals surface area contributed by atoms with Gasteiger partial charge in [-0.25, -0.2) is 4.98 Å². The normalized spacial score (nSPS) is 25.6. The Bertz CT molecular complexity index is 351. The summed E-state index contributed by atoms with van der Waals surface area (Å²) in [5, 5.41) is 3.09. The molecule has 1 N–H and O–H groups in total. The van der Waals surface area contributed by atoms with E-state index in [9.17, 15) is 0 Å². The third-order valence-electron chi connectivity index (χ3n) is 3.47. The molecule has 0 spiro atoms. The SMILES string of the molecule is CNc1cc(N2CCC(C)CC2C)ccn1. The Hall–Kier alpha value is -1.25. The number of aromatic nitrogens is 1. The van der Waals surface area contributed by atoms with Crippen LogP contribution in [-0.4, -0.2) is 24.6 Å². The van der Waals surface area contributed by atoms with Crippen LogP contribution in [0, 0.1) is 5.92 Å². The lowest BCUT2D eigenvalue weighted by Crippen LogP contribution is -2.40. The lowest BCUT2D eigenvalue weighted by Gasteiger charge is -2.38. The van der Waals surface area contributed by atoms with Gasteiger partial charge in [-0.3, -0.25) is 0 Å². The highest BCUT2D eigenvalue weighted by Gasteiger charge is 2.22. The molecule has 1 aromatic rings. The Balaban J connectivity index is 2.16. The third-order valence-corrected chi connectivity index (χ3v) is 3.47. The Morgan fingerprint density at radius 3 is 2.94 bits per heavy atom. The molecule has 0 bridgehead atoms. The summed E-state index contributed by atoms with van der Waals surface area (Å²) in [7, 11) is 1.91. The van der Waals surface area contributed by atoms with Crippen molar-refractivity contribution in [2.45, 2.75) is 32.7 Å². The second-order valence-corrected chi connectivity index (χ2v) is 4.82. The van der Waals surface area contributed by atoms with Crippen LogP contribution in [0.1, 0.15) is 26.7 Å². The fourth-order valence-corrected chi connectivity index (χ4v) is 2.53. The first-order valence-electron chi connectivity index (χ1n) is 6.11. The number of nitrogens with one attached hydrogen (secondary N) is 1. The van der Waals surface area contributed by atoms with Gasteiger partial charge in [-0.15, -0.1) is 0 Å². The summed E-state index contributed by atoms with van der Waals surface area (Å²) in [5.74, 6) is 1.81. The average Bonchev–Trinajstić information content (AvgIpc) is 2.29. The van der Waals surface area contributed by atoms with Gasteiger partial charge < -0.3 is 10.2 Å². The predicted molar refractivity (Wildman–Crippen MR) is 69.0 cm³/mol. The molecule has 2 unspecified atom stereocenters. The maximum absolute atomic E-state index is 4.25. The summed E-state index contributed by atoms with van der Waals surface area (Å²) in [6.45, 7) is 5.82. The van der Waals surface area contributed by atoms with Crippen LogP contribution in [0.3, 0.4) is 0 Å². The molecule has 1 fully saturated rings. The highest BCUT2D eigenvalue weighted by atomic mass is 15.2. The van der Waals surface area contributed by atoms with E-state index in [-0.39, 0.29) is 0 Å². The van der Waals surface area contributed by atoms with Crippen molar-refractivity contribution < 1.29 is 0 Å². The zero-order valence-electron chi connectivity index (χ0n) is 10.4. The maximum atomic E-state index is 4.25. The summed E-state index contributed by atoms with van der Waals surface area (Å²) in [4.78, 5) is 6.74. The number of anilines is 2. The van der Waals surface area contributed by atoms with Crippen LogP contribution in [-0.2, 0) is 0 Å². The Morgan fingerprint density at radius 2 is 2.25 bits per heavy atom. The molecule has 2 heterocycles. The maximum Gasteiger partial charge on any atom is 0.127 e. The van der Waals surface area contributed by atoms with Crippen molar-refractivity contribution in [1.29, 1.82) is 0 Å². The first kappa shape index (κ1) is 11.2. The minimum atomic E-state index is 0.635. The number of rotatable bonds is 2. The Kier molecular flexibility index (Phi) is 3.32. The van der Waals surface area contributed by atoms with Gasteiger partial charge in [0.25, 0.3) is 0 Å². The largest absolute Gasteiger partial charge is 0.373 e. The van der Waals surface area contributed by atoms with Crippen molar-refractivity contribution >= 4 is 11.5 Å². The number of pyridine rings is 1. The second kappa shape index (κ2) is 4.73. The predicted octanol–water partition coefficient (Wildman–Crippen LogP) is 2.75. The smallest absolute Gasteiger partial charge is 0.127 e. The molecular weight excluding hydrogens is 198 g/mol. The molecule has 16 heavy (non-hydrogen) atoms. The van der Waals surface area contributed by atoms with E-state index in [1.807, 2.05) is 13.2 Å². The molecule has 0 amide bonds. The van der Waals surface area contributed by atoms with Gasteiger partial charge in [0.15, 0.2) is 0 Å². The van der Waals surface area contributed by atoms with E-state index in [4.69, 9.17) is 0 Å². The van der Waals surface area contributed by atoms with Crippen molar-refractivity contribution in [3.8, 4) is 0 Å². The fourth-order valence-electron chi connectivity index (χ4n) is 2.53. The van der Waals surface area contributed by atoms with E-state index in [1.165, 1.54) is 18.5 Å². The number of piperidine rings is 1. The van der Waals surface area contributed by atoms with Crippen LogP contribution in [0.15, 0.2) is 18.3 Å². The van der Waals surface area contributed by atoms with Crippen LogP contribution < -0.4 is 10.2 Å². The molecule has 1 aliphatic heterocycles. The van der Waals surface area contributed by atoms with Gasteiger partial charge in [0.1, 0.15) is 5.82 Å². The van der Waals surface area contributed by atoms with E-state index in [0.717, 1.165) is 18.3 Å². The Labute approximate surface area is 97.9 Å². The molecule has 1 saturated heterocycles. The van der Waals surface area contributed by atoms with Gasteiger partial charge in [-0.2, -0.15) is 0 Å². The van der Waals surface area contributed by atoms with Gasteiger partial charge in [0, 0.05) is 37.6 Å². The topological polar surface area (TPSA) is 28.2 Å². The quantitative estimate of drug-likeness (QED) is 0.829. The van der Waals surface area contributed by atoms with Gasteiger partial charge in [0.2, 0.25) is 0 Å². The summed E-state index contributed by atoms with van der Waals surface area (Å²) in [6.07, 6.45) is 4.46. The van der Waals surface area contributed by atoms with Gasteiger partial charge in [-0.05, 0) is 31.7 Å². The molecular formula is C13H21N3. The molecule has 3 heteroatoms. The first-order valence-corrected chi connectivity index (χ1v) is 6.11. The second-order valence-electron chi connectivity index (χ2n) is 4.82. The van der Waals surface area contributed by atoms with E-state index >= 15 is 0 Å². The van der Waals surface area contributed by atoms with E-state index in [1.54, 1.807) is 0 Å². The molecule has 1 aliphatic rings. The minimum Gasteiger partial charge on any atom is -0.373 e. The number of hydrogen-bond donors (Lipinski definition) is 1. The summed E-state index contributed by atoms with van der Waals surface area (Å²) in [6, 6.07) is 4.87. The van der Waals surface area contributed by atoms with E-state index in [2.05, 4.69) is 41.2 Å². The van der Waals surface area contributed by atoms with Crippen molar-refractivity contribution in [3.05, 3.63) is 18.3 Å². The van der Waals surface area contributed by atoms with Gasteiger partial charge in [0.05, 0.1) is 0 Å². The minimum absolute atomic E-state index is 0.635.